The summed E-state index contributed by atoms with van der Waals surface area (Å²) in [5.74, 6) is -0.499. The first-order chi connectivity index (χ1) is 9.66. The average molecular weight is 304 g/mol. The van der Waals surface area contributed by atoms with Crippen LogP contribution in [0.2, 0.25) is 5.15 Å². The molecule has 0 aliphatic heterocycles. The molecule has 0 saturated carbocycles. The van der Waals surface area contributed by atoms with Gasteiger partial charge in [-0.2, -0.15) is 0 Å². The predicted molar refractivity (Wildman–Crippen MR) is 81.0 cm³/mol. The molecular formula is C14H10ClN3OS. The molecule has 0 saturated heterocycles. The maximum atomic E-state index is 11.6. The first kappa shape index (κ1) is 13.0. The van der Waals surface area contributed by atoms with Crippen LogP contribution in [0.25, 0.3) is 10.9 Å². The third-order valence-electron chi connectivity index (χ3n) is 2.83. The molecule has 2 aromatic heterocycles. The number of hydrogen-bond donors (Lipinski definition) is 1. The largest absolute Gasteiger partial charge is 0.364 e. The molecular weight excluding hydrogens is 294 g/mol. The summed E-state index contributed by atoms with van der Waals surface area (Å²) in [5, 5.41) is 1.07. The van der Waals surface area contributed by atoms with Gasteiger partial charge in [-0.1, -0.05) is 29.8 Å². The van der Waals surface area contributed by atoms with Crippen molar-refractivity contribution in [1.29, 1.82) is 0 Å². The van der Waals surface area contributed by atoms with Gasteiger partial charge in [-0.3, -0.25) is 8.77 Å². The lowest BCUT2D eigenvalue weighted by molar-refractivity contribution is 0.0995. The molecule has 0 unspecified atom stereocenters. The number of benzene rings is 1. The number of hydrogen-bond acceptors (Lipinski definition) is 3. The fourth-order valence-electron chi connectivity index (χ4n) is 1.93. The van der Waals surface area contributed by atoms with E-state index in [1.807, 2.05) is 36.4 Å². The number of primary amides is 1. The third-order valence-corrected chi connectivity index (χ3v) is 4.19. The molecule has 4 nitrogen and oxygen atoms in total. The molecule has 100 valence electrons. The van der Waals surface area contributed by atoms with Gasteiger partial charge in [0.25, 0.3) is 5.91 Å². The minimum atomic E-state index is -0.499. The molecule has 0 aliphatic carbocycles. The Morgan fingerprint density at radius 3 is 2.70 bits per heavy atom. The van der Waals surface area contributed by atoms with E-state index < -0.39 is 5.91 Å². The fourth-order valence-corrected chi connectivity index (χ4v) is 3.13. The Bertz CT molecular complexity index is 786. The lowest BCUT2D eigenvalue weighted by Gasteiger charge is -2.07. The summed E-state index contributed by atoms with van der Waals surface area (Å²) in [6.45, 7) is 0. The van der Waals surface area contributed by atoms with E-state index in [4.69, 9.17) is 17.3 Å². The molecule has 0 spiro atoms. The van der Waals surface area contributed by atoms with Crippen LogP contribution in [0.1, 0.15) is 10.5 Å². The molecule has 0 bridgehead atoms. The van der Waals surface area contributed by atoms with Crippen LogP contribution < -0.4 is 5.73 Å². The quantitative estimate of drug-likeness (QED) is 0.755. The Hall–Kier alpha value is -1.98. The van der Waals surface area contributed by atoms with E-state index in [2.05, 4.69) is 4.98 Å². The standard InChI is InChI=1S/C14H10ClN3OS/c15-13-10-8-12(14(16)19)18(11(10)6-7-17-13)20-9-4-2-1-3-5-9/h1-8H,(H2,16,19). The lowest BCUT2D eigenvalue weighted by atomic mass is 10.3. The molecule has 2 heterocycles. The number of amides is 1. The van der Waals surface area contributed by atoms with Crippen molar-refractivity contribution in [1.82, 2.24) is 8.96 Å². The van der Waals surface area contributed by atoms with Gasteiger partial charge in [0.2, 0.25) is 0 Å². The summed E-state index contributed by atoms with van der Waals surface area (Å²) in [5.41, 5.74) is 6.65. The monoisotopic (exact) mass is 303 g/mol. The molecule has 20 heavy (non-hydrogen) atoms. The van der Waals surface area contributed by atoms with E-state index in [9.17, 15) is 4.79 Å². The van der Waals surface area contributed by atoms with Crippen molar-refractivity contribution >= 4 is 40.4 Å². The van der Waals surface area contributed by atoms with Crippen molar-refractivity contribution in [3.63, 3.8) is 0 Å². The SMILES string of the molecule is NC(=O)c1cc2c(Cl)nccc2n1Sc1ccccc1. The molecule has 0 fully saturated rings. The Balaban J connectivity index is 2.19. The first-order valence-corrected chi connectivity index (χ1v) is 7.01. The van der Waals surface area contributed by atoms with Crippen molar-refractivity contribution in [2.75, 3.05) is 0 Å². The third kappa shape index (κ3) is 2.26. The summed E-state index contributed by atoms with van der Waals surface area (Å²) in [7, 11) is 0. The fraction of sp³-hybridized carbons (Fsp3) is 0. The normalized spacial score (nSPS) is 10.8. The van der Waals surface area contributed by atoms with E-state index in [1.54, 1.807) is 16.2 Å². The number of nitrogens with two attached hydrogens (primary N) is 1. The molecule has 0 atom stereocenters. The highest BCUT2D eigenvalue weighted by atomic mass is 35.5. The van der Waals surface area contributed by atoms with Crippen molar-refractivity contribution in [3.05, 3.63) is 59.5 Å². The van der Waals surface area contributed by atoms with Crippen LogP contribution in [0, 0.1) is 0 Å². The van der Waals surface area contributed by atoms with E-state index in [-0.39, 0.29) is 0 Å². The minimum absolute atomic E-state index is 0.359. The van der Waals surface area contributed by atoms with Crippen LogP contribution in [-0.2, 0) is 0 Å². The highest BCUT2D eigenvalue weighted by Gasteiger charge is 2.16. The second-order valence-corrected chi connectivity index (χ2v) is 5.50. The molecule has 0 aliphatic rings. The lowest BCUT2D eigenvalue weighted by Crippen LogP contribution is -2.14. The number of fused-ring (bicyclic) bond motifs is 1. The summed E-state index contributed by atoms with van der Waals surface area (Å²) < 4.78 is 1.78. The second-order valence-electron chi connectivity index (χ2n) is 4.13. The van der Waals surface area contributed by atoms with Crippen molar-refractivity contribution in [2.45, 2.75) is 4.90 Å². The molecule has 6 heteroatoms. The molecule has 2 N–H and O–H groups in total. The number of pyridine rings is 1. The number of carbonyl (C=O) groups is 1. The van der Waals surface area contributed by atoms with Crippen LogP contribution >= 0.6 is 23.5 Å². The molecule has 1 amide bonds. The Kier molecular flexibility index (Phi) is 3.38. The van der Waals surface area contributed by atoms with E-state index in [1.165, 1.54) is 11.9 Å². The van der Waals surface area contributed by atoms with E-state index in [0.29, 0.717) is 16.2 Å². The van der Waals surface area contributed by atoms with Gasteiger partial charge in [0.1, 0.15) is 10.8 Å². The summed E-state index contributed by atoms with van der Waals surface area (Å²) in [6, 6.07) is 13.2. The topological polar surface area (TPSA) is 60.9 Å². The van der Waals surface area contributed by atoms with Crippen molar-refractivity contribution in [3.8, 4) is 0 Å². The smallest absolute Gasteiger partial charge is 0.266 e. The molecule has 3 rings (SSSR count). The highest BCUT2D eigenvalue weighted by molar-refractivity contribution is 7.98. The number of rotatable bonds is 3. The number of aromatic nitrogens is 2. The van der Waals surface area contributed by atoms with Gasteiger partial charge in [-0.25, -0.2) is 4.98 Å². The van der Waals surface area contributed by atoms with E-state index in [0.717, 1.165) is 10.4 Å². The average Bonchev–Trinajstić information content (AvgIpc) is 2.81. The van der Waals surface area contributed by atoms with E-state index >= 15 is 0 Å². The Labute approximate surface area is 124 Å². The molecule has 0 radical (unpaired) electrons. The zero-order chi connectivity index (χ0) is 14.1. The summed E-state index contributed by atoms with van der Waals surface area (Å²) in [6.07, 6.45) is 1.61. The minimum Gasteiger partial charge on any atom is -0.364 e. The van der Waals surface area contributed by atoms with Gasteiger partial charge in [0.05, 0.1) is 5.52 Å². The highest BCUT2D eigenvalue weighted by Crippen LogP contribution is 2.31. The maximum Gasteiger partial charge on any atom is 0.266 e. The zero-order valence-corrected chi connectivity index (χ0v) is 11.9. The van der Waals surface area contributed by atoms with Gasteiger partial charge in [-0.05, 0) is 36.2 Å². The van der Waals surface area contributed by atoms with Crippen LogP contribution in [0.3, 0.4) is 0 Å². The first-order valence-electron chi connectivity index (χ1n) is 5.86. The van der Waals surface area contributed by atoms with Crippen molar-refractivity contribution in [2.24, 2.45) is 5.73 Å². The predicted octanol–water partition coefficient (Wildman–Crippen LogP) is 3.34. The Morgan fingerprint density at radius 1 is 1.25 bits per heavy atom. The number of carbonyl (C=O) groups excluding carboxylic acids is 1. The van der Waals surface area contributed by atoms with Crippen LogP contribution in [0.5, 0.6) is 0 Å². The van der Waals surface area contributed by atoms with Gasteiger partial charge in [0, 0.05) is 16.5 Å². The van der Waals surface area contributed by atoms with Crippen LogP contribution in [0.15, 0.2) is 53.6 Å². The van der Waals surface area contributed by atoms with Gasteiger partial charge < -0.3 is 5.73 Å². The van der Waals surface area contributed by atoms with Crippen LogP contribution in [0.4, 0.5) is 0 Å². The van der Waals surface area contributed by atoms with Crippen molar-refractivity contribution < 1.29 is 4.79 Å². The van der Waals surface area contributed by atoms with Gasteiger partial charge in [-0.15, -0.1) is 0 Å². The number of nitrogens with zero attached hydrogens (tertiary/aromatic N) is 2. The Morgan fingerprint density at radius 2 is 2.00 bits per heavy atom. The molecule has 3 aromatic rings. The second kappa shape index (κ2) is 5.19. The number of halogens is 1. The maximum absolute atomic E-state index is 11.6. The zero-order valence-electron chi connectivity index (χ0n) is 10.3. The molecule has 1 aromatic carbocycles. The van der Waals surface area contributed by atoms with Crippen LogP contribution in [-0.4, -0.2) is 14.9 Å². The van der Waals surface area contributed by atoms with Gasteiger partial charge >= 0.3 is 0 Å². The summed E-state index contributed by atoms with van der Waals surface area (Å²) in [4.78, 5) is 16.6. The summed E-state index contributed by atoms with van der Waals surface area (Å²) >= 11 is 7.48. The van der Waals surface area contributed by atoms with Gasteiger partial charge in [0.15, 0.2) is 0 Å².